The molecule has 2 aliphatic rings. The van der Waals surface area contributed by atoms with Crippen molar-refractivity contribution in [3.63, 3.8) is 0 Å². The summed E-state index contributed by atoms with van der Waals surface area (Å²) in [6, 6.07) is 11.6. The van der Waals surface area contributed by atoms with Crippen LogP contribution in [0.4, 0.5) is 0 Å². The molecule has 1 fully saturated rings. The highest BCUT2D eigenvalue weighted by atomic mass is 16.5. The van der Waals surface area contributed by atoms with Gasteiger partial charge in [-0.25, -0.2) is 4.68 Å². The van der Waals surface area contributed by atoms with Crippen LogP contribution in [0.25, 0.3) is 0 Å². The van der Waals surface area contributed by atoms with Crippen LogP contribution in [0.15, 0.2) is 48.8 Å². The molecule has 0 saturated carbocycles. The van der Waals surface area contributed by atoms with Gasteiger partial charge in [-0.05, 0) is 24.6 Å². The first kappa shape index (κ1) is 20.3. The van der Waals surface area contributed by atoms with Crippen molar-refractivity contribution in [2.75, 3.05) is 26.2 Å². The first-order chi connectivity index (χ1) is 15.6. The molecule has 1 unspecified atom stereocenters. The fourth-order valence-electron chi connectivity index (χ4n) is 4.10. The number of aryl methyl sites for hydroxylation is 1. The number of aromatic nitrogens is 4. The van der Waals surface area contributed by atoms with Crippen LogP contribution >= 0.6 is 0 Å². The number of hydrogen-bond donors (Lipinski definition) is 0. The molecule has 0 bridgehead atoms. The topological polar surface area (TPSA) is 93.5 Å². The number of hydrogen-bond acceptors (Lipinski definition) is 6. The Hall–Kier alpha value is -3.59. The van der Waals surface area contributed by atoms with Gasteiger partial charge in [0, 0.05) is 44.1 Å². The third-order valence-corrected chi connectivity index (χ3v) is 6.03. The Morgan fingerprint density at radius 3 is 2.28 bits per heavy atom. The van der Waals surface area contributed by atoms with Gasteiger partial charge in [0.1, 0.15) is 6.10 Å². The van der Waals surface area contributed by atoms with Crippen molar-refractivity contribution in [1.29, 1.82) is 0 Å². The van der Waals surface area contributed by atoms with E-state index in [2.05, 4.69) is 39.6 Å². The molecule has 2 aromatic heterocycles. The van der Waals surface area contributed by atoms with Crippen molar-refractivity contribution >= 4 is 11.8 Å². The van der Waals surface area contributed by atoms with E-state index >= 15 is 0 Å². The maximum Gasteiger partial charge on any atom is 0.276 e. The van der Waals surface area contributed by atoms with Crippen molar-refractivity contribution in [1.82, 2.24) is 29.8 Å². The lowest BCUT2D eigenvalue weighted by molar-refractivity contribution is -0.00203. The summed E-state index contributed by atoms with van der Waals surface area (Å²) in [5, 5.41) is 8.39. The van der Waals surface area contributed by atoms with Gasteiger partial charge in [0.25, 0.3) is 11.8 Å². The summed E-state index contributed by atoms with van der Waals surface area (Å²) in [5.41, 5.74) is 3.92. The van der Waals surface area contributed by atoms with Gasteiger partial charge in [-0.3, -0.25) is 14.6 Å². The Kier molecular flexibility index (Phi) is 5.40. The highest BCUT2D eigenvalue weighted by Crippen LogP contribution is 2.27. The average molecular weight is 432 g/mol. The minimum absolute atomic E-state index is 0.0453. The quantitative estimate of drug-likeness (QED) is 0.627. The van der Waals surface area contributed by atoms with Gasteiger partial charge in [0.05, 0.1) is 18.8 Å². The van der Waals surface area contributed by atoms with E-state index in [1.54, 1.807) is 39.0 Å². The normalized spacial score (nSPS) is 18.3. The minimum atomic E-state index is -0.167. The molecule has 1 aromatic carbocycles. The van der Waals surface area contributed by atoms with E-state index in [1.165, 1.54) is 5.56 Å². The average Bonchev–Trinajstić information content (AvgIpc) is 3.27. The molecule has 32 heavy (non-hydrogen) atoms. The van der Waals surface area contributed by atoms with Gasteiger partial charge < -0.3 is 14.5 Å². The maximum atomic E-state index is 13.1. The second-order valence-electron chi connectivity index (χ2n) is 8.10. The molecule has 0 spiro atoms. The van der Waals surface area contributed by atoms with Crippen molar-refractivity contribution in [3.05, 3.63) is 76.9 Å². The van der Waals surface area contributed by atoms with Gasteiger partial charge >= 0.3 is 0 Å². The zero-order valence-corrected chi connectivity index (χ0v) is 17.8. The Morgan fingerprint density at radius 1 is 0.938 bits per heavy atom. The maximum absolute atomic E-state index is 13.1. The summed E-state index contributed by atoms with van der Waals surface area (Å²) >= 11 is 0. The van der Waals surface area contributed by atoms with Crippen molar-refractivity contribution in [3.8, 4) is 0 Å². The molecule has 164 valence electrons. The molecular formula is C23H24N6O3. The van der Waals surface area contributed by atoms with Crippen molar-refractivity contribution in [2.24, 2.45) is 0 Å². The van der Waals surface area contributed by atoms with Gasteiger partial charge in [-0.2, -0.15) is 0 Å². The van der Waals surface area contributed by atoms with E-state index in [-0.39, 0.29) is 24.5 Å². The lowest BCUT2D eigenvalue weighted by atomic mass is 10.1. The zero-order chi connectivity index (χ0) is 22.1. The molecule has 4 heterocycles. The number of ether oxygens (including phenoxy) is 1. The van der Waals surface area contributed by atoms with Crippen LogP contribution in [-0.2, 0) is 17.9 Å². The number of piperazine rings is 1. The second-order valence-corrected chi connectivity index (χ2v) is 8.10. The molecule has 0 N–H and O–H groups in total. The first-order valence-corrected chi connectivity index (χ1v) is 10.7. The third kappa shape index (κ3) is 3.87. The van der Waals surface area contributed by atoms with Crippen LogP contribution in [0.1, 0.15) is 43.8 Å². The number of carbonyl (C=O) groups is 2. The van der Waals surface area contributed by atoms with E-state index in [4.69, 9.17) is 4.74 Å². The summed E-state index contributed by atoms with van der Waals surface area (Å²) in [4.78, 5) is 33.2. The van der Waals surface area contributed by atoms with Crippen LogP contribution in [0, 0.1) is 6.92 Å². The number of rotatable bonds is 3. The number of benzene rings is 1. The van der Waals surface area contributed by atoms with E-state index in [0.717, 1.165) is 5.56 Å². The number of nitrogens with zero attached hydrogens (tertiary/aromatic N) is 6. The first-order valence-electron chi connectivity index (χ1n) is 10.7. The minimum Gasteiger partial charge on any atom is -0.365 e. The molecule has 2 aliphatic heterocycles. The number of fused-ring (bicyclic) bond motifs is 1. The fourth-order valence-corrected chi connectivity index (χ4v) is 4.10. The summed E-state index contributed by atoms with van der Waals surface area (Å²) < 4.78 is 7.80. The lowest BCUT2D eigenvalue weighted by Crippen LogP contribution is -2.50. The van der Waals surface area contributed by atoms with Crippen LogP contribution in [0.5, 0.6) is 0 Å². The molecule has 3 aromatic rings. The molecule has 2 amide bonds. The molecule has 1 atom stereocenters. The van der Waals surface area contributed by atoms with E-state index in [0.29, 0.717) is 49.7 Å². The van der Waals surface area contributed by atoms with Crippen LogP contribution < -0.4 is 0 Å². The van der Waals surface area contributed by atoms with Gasteiger partial charge in [-0.1, -0.05) is 35.0 Å². The Balaban J connectivity index is 1.23. The van der Waals surface area contributed by atoms with Gasteiger partial charge in [0.15, 0.2) is 5.69 Å². The largest absolute Gasteiger partial charge is 0.365 e. The summed E-state index contributed by atoms with van der Waals surface area (Å²) in [7, 11) is 0. The van der Waals surface area contributed by atoms with Crippen LogP contribution in [-0.4, -0.2) is 67.8 Å². The lowest BCUT2D eigenvalue weighted by Gasteiger charge is -2.34. The van der Waals surface area contributed by atoms with Crippen LogP contribution in [0.3, 0.4) is 0 Å². The summed E-state index contributed by atoms with van der Waals surface area (Å²) in [6.07, 6.45) is 3.09. The van der Waals surface area contributed by atoms with Crippen LogP contribution in [0.2, 0.25) is 0 Å². The molecular weight excluding hydrogens is 408 g/mol. The molecule has 5 rings (SSSR count). The third-order valence-electron chi connectivity index (χ3n) is 6.03. The Labute approximate surface area is 185 Å². The van der Waals surface area contributed by atoms with E-state index in [1.807, 2.05) is 6.92 Å². The number of carbonyl (C=O) groups excluding carboxylic acids is 2. The Bertz CT molecular complexity index is 1120. The Morgan fingerprint density at radius 2 is 1.59 bits per heavy atom. The summed E-state index contributed by atoms with van der Waals surface area (Å²) in [6.45, 7) is 4.71. The SMILES string of the molecule is Cc1ccc(C2Cn3nnc(C(=O)N4CCN(C(=O)c5ccncc5)CC4)c3CO2)cc1. The van der Waals surface area contributed by atoms with Crippen molar-refractivity contribution in [2.45, 2.75) is 26.2 Å². The predicted octanol–water partition coefficient (Wildman–Crippen LogP) is 1.85. The molecule has 9 nitrogen and oxygen atoms in total. The highest BCUT2D eigenvalue weighted by Gasteiger charge is 2.32. The van der Waals surface area contributed by atoms with Crippen molar-refractivity contribution < 1.29 is 14.3 Å². The standard InChI is InChI=1S/C23H24N6O3/c1-16-2-4-17(5-3-16)20-14-29-19(15-32-20)21(25-26-29)23(31)28-12-10-27(11-13-28)22(30)18-6-8-24-9-7-18/h2-9,20H,10-15H2,1H3. The molecule has 9 heteroatoms. The zero-order valence-electron chi connectivity index (χ0n) is 17.8. The summed E-state index contributed by atoms with van der Waals surface area (Å²) in [5.74, 6) is -0.212. The number of amides is 2. The molecule has 0 radical (unpaired) electrons. The van der Waals surface area contributed by atoms with Gasteiger partial charge in [0.2, 0.25) is 0 Å². The highest BCUT2D eigenvalue weighted by molar-refractivity contribution is 5.95. The molecule has 1 saturated heterocycles. The monoisotopic (exact) mass is 432 g/mol. The second kappa shape index (κ2) is 8.51. The fraction of sp³-hybridized carbons (Fsp3) is 0.348. The van der Waals surface area contributed by atoms with E-state index in [9.17, 15) is 9.59 Å². The number of pyridine rings is 1. The smallest absolute Gasteiger partial charge is 0.276 e. The van der Waals surface area contributed by atoms with Gasteiger partial charge in [-0.15, -0.1) is 5.10 Å². The molecule has 0 aliphatic carbocycles. The predicted molar refractivity (Wildman–Crippen MR) is 115 cm³/mol. The van der Waals surface area contributed by atoms with E-state index < -0.39 is 0 Å².